The van der Waals surface area contributed by atoms with Crippen LogP contribution in [-0.2, 0) is 5.54 Å². The summed E-state index contributed by atoms with van der Waals surface area (Å²) in [5.41, 5.74) is 1.39. The van der Waals surface area contributed by atoms with Crippen LogP contribution in [0.4, 0.5) is 4.39 Å². The van der Waals surface area contributed by atoms with E-state index >= 15 is 0 Å². The van der Waals surface area contributed by atoms with Crippen LogP contribution in [0.5, 0.6) is 0 Å². The van der Waals surface area contributed by atoms with Gasteiger partial charge in [-0.3, -0.25) is 4.99 Å². The maximum absolute atomic E-state index is 12.7. The quantitative estimate of drug-likeness (QED) is 0.642. The van der Waals surface area contributed by atoms with Crippen molar-refractivity contribution in [2.45, 2.75) is 18.4 Å². The molecule has 2 aromatic rings. The van der Waals surface area contributed by atoms with Crippen LogP contribution < -0.4 is 0 Å². The Labute approximate surface area is 96.8 Å². The van der Waals surface area contributed by atoms with Gasteiger partial charge in [-0.15, -0.1) is 0 Å². The lowest BCUT2D eigenvalue weighted by Crippen LogP contribution is -2.04. The van der Waals surface area contributed by atoms with E-state index in [2.05, 4.69) is 25.4 Å². The van der Waals surface area contributed by atoms with Gasteiger partial charge in [0.1, 0.15) is 5.69 Å². The van der Waals surface area contributed by atoms with Crippen LogP contribution in [0.25, 0.3) is 0 Å². The number of nitrogens with one attached hydrogen (secondary N) is 1. The van der Waals surface area contributed by atoms with Crippen LogP contribution in [0.1, 0.15) is 24.1 Å². The maximum atomic E-state index is 12.7. The Morgan fingerprint density at radius 2 is 2.24 bits per heavy atom. The molecule has 0 saturated heterocycles. The highest BCUT2D eigenvalue weighted by molar-refractivity contribution is 5.76. The number of aromatic nitrogens is 4. The number of H-pyrrole nitrogens is 1. The van der Waals surface area contributed by atoms with Crippen molar-refractivity contribution in [3.63, 3.8) is 0 Å². The van der Waals surface area contributed by atoms with Crippen LogP contribution >= 0.6 is 0 Å². The zero-order valence-corrected chi connectivity index (χ0v) is 8.97. The Morgan fingerprint density at radius 1 is 1.35 bits per heavy atom. The van der Waals surface area contributed by atoms with Crippen molar-refractivity contribution in [2.24, 2.45) is 4.99 Å². The highest BCUT2D eigenvalue weighted by atomic mass is 19.1. The smallest absolute Gasteiger partial charge is 0.212 e. The predicted molar refractivity (Wildman–Crippen MR) is 59.1 cm³/mol. The van der Waals surface area contributed by atoms with Gasteiger partial charge >= 0.3 is 0 Å². The fraction of sp³-hybridized carbons (Fsp3) is 0.273. The molecule has 1 aliphatic carbocycles. The van der Waals surface area contributed by atoms with E-state index in [0.29, 0.717) is 5.69 Å². The van der Waals surface area contributed by atoms with Crippen molar-refractivity contribution in [2.75, 3.05) is 0 Å². The lowest BCUT2D eigenvalue weighted by Gasteiger charge is -2.08. The minimum absolute atomic E-state index is 0.236. The van der Waals surface area contributed by atoms with E-state index in [9.17, 15) is 4.39 Å². The molecule has 0 radical (unpaired) electrons. The molecule has 3 rings (SSSR count). The van der Waals surface area contributed by atoms with Gasteiger partial charge in [-0.05, 0) is 24.5 Å². The molecular formula is C11H10FN5. The molecule has 6 heteroatoms. The summed E-state index contributed by atoms with van der Waals surface area (Å²) in [5.74, 6) is -0.468. The lowest BCUT2D eigenvalue weighted by atomic mass is 10.1. The largest absolute Gasteiger partial charge is 0.279 e. The number of halogens is 1. The summed E-state index contributed by atoms with van der Waals surface area (Å²) < 4.78 is 12.7. The standard InChI is InChI=1S/C11H10FN5/c12-10-2-1-8(5-13-10)11(3-4-11)14-6-9-7-15-17-16-9/h1-2,5-7H,3-4H2,(H,15,16,17). The molecule has 2 aromatic heterocycles. The number of rotatable bonds is 3. The van der Waals surface area contributed by atoms with E-state index in [4.69, 9.17) is 0 Å². The van der Waals surface area contributed by atoms with Gasteiger partial charge in [0.05, 0.1) is 18.0 Å². The second-order valence-corrected chi connectivity index (χ2v) is 4.05. The first-order valence-electron chi connectivity index (χ1n) is 5.32. The molecule has 1 saturated carbocycles. The van der Waals surface area contributed by atoms with Crippen LogP contribution in [0, 0.1) is 5.95 Å². The number of pyridine rings is 1. The van der Waals surface area contributed by atoms with Gasteiger partial charge in [-0.2, -0.15) is 19.8 Å². The van der Waals surface area contributed by atoms with Gasteiger partial charge in [-0.25, -0.2) is 4.98 Å². The highest BCUT2D eigenvalue weighted by Crippen LogP contribution is 2.49. The minimum atomic E-state index is -0.468. The van der Waals surface area contributed by atoms with Crippen molar-refractivity contribution in [3.8, 4) is 0 Å². The van der Waals surface area contributed by atoms with Gasteiger partial charge in [0.2, 0.25) is 5.95 Å². The molecule has 86 valence electrons. The first kappa shape index (κ1) is 10.1. The molecule has 2 heterocycles. The minimum Gasteiger partial charge on any atom is -0.279 e. The zero-order valence-electron chi connectivity index (χ0n) is 8.97. The van der Waals surface area contributed by atoms with E-state index < -0.39 is 5.95 Å². The third kappa shape index (κ3) is 1.93. The molecule has 0 aliphatic heterocycles. The summed E-state index contributed by atoms with van der Waals surface area (Å²) in [7, 11) is 0. The van der Waals surface area contributed by atoms with Crippen LogP contribution in [-0.4, -0.2) is 26.6 Å². The second-order valence-electron chi connectivity index (χ2n) is 4.05. The van der Waals surface area contributed by atoms with Gasteiger partial charge in [0, 0.05) is 6.20 Å². The Hall–Kier alpha value is -2.11. The van der Waals surface area contributed by atoms with Crippen molar-refractivity contribution in [1.82, 2.24) is 20.4 Å². The van der Waals surface area contributed by atoms with E-state index in [0.717, 1.165) is 18.4 Å². The van der Waals surface area contributed by atoms with Gasteiger partial charge in [0.25, 0.3) is 0 Å². The fourth-order valence-corrected chi connectivity index (χ4v) is 1.72. The predicted octanol–water partition coefficient (Wildman–Crippen LogP) is 1.45. The Bertz CT molecular complexity index is 527. The van der Waals surface area contributed by atoms with Crippen LogP contribution in [0.2, 0.25) is 0 Å². The first-order valence-corrected chi connectivity index (χ1v) is 5.32. The molecule has 1 N–H and O–H groups in total. The lowest BCUT2D eigenvalue weighted by molar-refractivity contribution is 0.579. The van der Waals surface area contributed by atoms with Crippen molar-refractivity contribution in [3.05, 3.63) is 41.7 Å². The molecular weight excluding hydrogens is 221 g/mol. The molecule has 17 heavy (non-hydrogen) atoms. The number of aliphatic imine (C=N–C) groups is 1. The van der Waals surface area contributed by atoms with E-state index in [1.807, 2.05) is 0 Å². The van der Waals surface area contributed by atoms with Crippen molar-refractivity contribution >= 4 is 6.21 Å². The summed E-state index contributed by atoms with van der Waals surface area (Å²) in [6.45, 7) is 0. The Balaban J connectivity index is 1.84. The maximum Gasteiger partial charge on any atom is 0.212 e. The Morgan fingerprint density at radius 3 is 2.82 bits per heavy atom. The second kappa shape index (κ2) is 3.73. The number of aromatic amines is 1. The molecule has 0 atom stereocenters. The van der Waals surface area contributed by atoms with Crippen LogP contribution in [0.15, 0.2) is 29.5 Å². The fourth-order valence-electron chi connectivity index (χ4n) is 1.72. The van der Waals surface area contributed by atoms with Gasteiger partial charge < -0.3 is 0 Å². The number of nitrogens with zero attached hydrogens (tertiary/aromatic N) is 4. The SMILES string of the molecule is Fc1ccc(C2(N=Cc3cn[nH]n3)CC2)cn1. The van der Waals surface area contributed by atoms with E-state index in [1.54, 1.807) is 24.7 Å². The average Bonchev–Trinajstić information content (AvgIpc) is 2.95. The summed E-state index contributed by atoms with van der Waals surface area (Å²) in [4.78, 5) is 8.16. The van der Waals surface area contributed by atoms with E-state index in [1.165, 1.54) is 6.07 Å². The number of hydrogen-bond donors (Lipinski definition) is 1. The van der Waals surface area contributed by atoms with Crippen LogP contribution in [0.3, 0.4) is 0 Å². The topological polar surface area (TPSA) is 66.8 Å². The molecule has 0 aromatic carbocycles. The third-order valence-electron chi connectivity index (χ3n) is 2.87. The summed E-state index contributed by atoms with van der Waals surface area (Å²) in [6, 6.07) is 3.09. The van der Waals surface area contributed by atoms with Crippen molar-refractivity contribution in [1.29, 1.82) is 0 Å². The van der Waals surface area contributed by atoms with E-state index in [-0.39, 0.29) is 5.54 Å². The monoisotopic (exact) mass is 231 g/mol. The van der Waals surface area contributed by atoms with Crippen molar-refractivity contribution < 1.29 is 4.39 Å². The summed E-state index contributed by atoms with van der Waals surface area (Å²) >= 11 is 0. The normalized spacial score (nSPS) is 17.5. The molecule has 0 spiro atoms. The molecule has 1 fully saturated rings. The molecule has 1 aliphatic rings. The van der Waals surface area contributed by atoms with Gasteiger partial charge in [0.15, 0.2) is 0 Å². The molecule has 0 bridgehead atoms. The molecule has 0 amide bonds. The summed E-state index contributed by atoms with van der Waals surface area (Å²) in [6.07, 6.45) is 6.73. The number of hydrogen-bond acceptors (Lipinski definition) is 4. The molecule has 0 unspecified atom stereocenters. The zero-order chi connectivity index (χ0) is 11.7. The summed E-state index contributed by atoms with van der Waals surface area (Å²) in [5, 5.41) is 10.1. The van der Waals surface area contributed by atoms with Gasteiger partial charge in [-0.1, -0.05) is 6.07 Å². The molecule has 5 nitrogen and oxygen atoms in total. The first-order chi connectivity index (χ1) is 8.28. The third-order valence-corrected chi connectivity index (χ3v) is 2.87. The highest BCUT2D eigenvalue weighted by Gasteiger charge is 2.44. The Kier molecular flexibility index (Phi) is 2.21. The average molecular weight is 231 g/mol.